The summed E-state index contributed by atoms with van der Waals surface area (Å²) in [5.41, 5.74) is 1.30. The van der Waals surface area contributed by atoms with Crippen LogP contribution in [0, 0.1) is 0 Å². The van der Waals surface area contributed by atoms with Crippen LogP contribution in [0.25, 0.3) is 0 Å². The van der Waals surface area contributed by atoms with Crippen LogP contribution in [0.2, 0.25) is 0 Å². The minimum absolute atomic E-state index is 0.296. The summed E-state index contributed by atoms with van der Waals surface area (Å²) >= 11 is 0. The Kier molecular flexibility index (Phi) is 2.76. The van der Waals surface area contributed by atoms with Gasteiger partial charge >= 0.3 is 5.97 Å². The number of carboxylic acid groups (broad SMARTS) is 1. The Hall–Kier alpha value is -2.04. The summed E-state index contributed by atoms with van der Waals surface area (Å²) < 4.78 is 3.51. The molecule has 1 N–H and O–H groups in total. The van der Waals surface area contributed by atoms with Gasteiger partial charge < -0.3 is 9.67 Å². The van der Waals surface area contributed by atoms with E-state index in [0.29, 0.717) is 12.2 Å². The molecular formula is C11H13N3O2. The fraction of sp³-hybridized carbons (Fsp3) is 0.273. The molecule has 5 heteroatoms. The fourth-order valence-corrected chi connectivity index (χ4v) is 1.60. The van der Waals surface area contributed by atoms with Crippen LogP contribution in [0.1, 0.15) is 23.0 Å². The molecule has 0 unspecified atom stereocenters. The molecule has 0 amide bonds. The number of hydrogen-bond donors (Lipinski definition) is 1. The second-order valence-electron chi connectivity index (χ2n) is 3.53. The van der Waals surface area contributed by atoms with Crippen LogP contribution in [0.5, 0.6) is 0 Å². The van der Waals surface area contributed by atoms with E-state index < -0.39 is 5.97 Å². The zero-order valence-corrected chi connectivity index (χ0v) is 9.00. The van der Waals surface area contributed by atoms with Gasteiger partial charge in [-0.05, 0) is 19.1 Å². The minimum atomic E-state index is -0.909. The summed E-state index contributed by atoms with van der Waals surface area (Å²) in [6.45, 7) is 3.36. The lowest BCUT2D eigenvalue weighted by Gasteiger charge is -2.03. The molecule has 0 radical (unpaired) electrons. The zero-order chi connectivity index (χ0) is 11.5. The average Bonchev–Trinajstić information content (AvgIpc) is 2.87. The molecule has 0 aliphatic carbocycles. The molecule has 2 aromatic heterocycles. The number of aromatic nitrogens is 3. The number of nitrogens with zero attached hydrogens (tertiary/aromatic N) is 3. The lowest BCUT2D eigenvalue weighted by atomic mass is 10.3. The van der Waals surface area contributed by atoms with Crippen molar-refractivity contribution < 1.29 is 9.90 Å². The molecule has 2 aromatic rings. The highest BCUT2D eigenvalue weighted by atomic mass is 16.4. The standard InChI is InChI=1S/C11H13N3O2/c1-2-14-8-9(6-12-14)7-13-5-3-4-10(13)11(15)16/h3-6,8H,2,7H2,1H3,(H,15,16). The summed E-state index contributed by atoms with van der Waals surface area (Å²) in [4.78, 5) is 10.9. The molecule has 0 spiro atoms. The third-order valence-electron chi connectivity index (χ3n) is 2.41. The quantitative estimate of drug-likeness (QED) is 0.846. The summed E-state index contributed by atoms with van der Waals surface area (Å²) in [7, 11) is 0. The first kappa shape index (κ1) is 10.5. The maximum absolute atomic E-state index is 10.9. The van der Waals surface area contributed by atoms with E-state index in [1.165, 1.54) is 0 Å². The van der Waals surface area contributed by atoms with Gasteiger partial charge in [0.1, 0.15) is 5.69 Å². The molecule has 0 bridgehead atoms. The molecule has 0 fully saturated rings. The van der Waals surface area contributed by atoms with Gasteiger partial charge in [0.2, 0.25) is 0 Å². The zero-order valence-electron chi connectivity index (χ0n) is 9.00. The molecule has 2 rings (SSSR count). The van der Waals surface area contributed by atoms with Crippen LogP contribution in [0.15, 0.2) is 30.7 Å². The highest BCUT2D eigenvalue weighted by Gasteiger charge is 2.09. The maximum atomic E-state index is 10.9. The van der Waals surface area contributed by atoms with Crippen LogP contribution in [0.4, 0.5) is 0 Å². The molecular weight excluding hydrogens is 206 g/mol. The van der Waals surface area contributed by atoms with Gasteiger partial charge in [-0.25, -0.2) is 4.79 Å². The van der Waals surface area contributed by atoms with Gasteiger partial charge in [0.05, 0.1) is 12.7 Å². The Labute approximate surface area is 92.9 Å². The first-order valence-corrected chi connectivity index (χ1v) is 5.10. The number of rotatable bonds is 4. The van der Waals surface area contributed by atoms with Gasteiger partial charge in [-0.1, -0.05) is 0 Å². The molecule has 0 aromatic carbocycles. The Morgan fingerprint density at radius 2 is 2.38 bits per heavy atom. The van der Waals surface area contributed by atoms with Crippen molar-refractivity contribution in [2.75, 3.05) is 0 Å². The van der Waals surface area contributed by atoms with Crippen molar-refractivity contribution in [1.82, 2.24) is 14.3 Å². The predicted molar refractivity (Wildman–Crippen MR) is 58.4 cm³/mol. The van der Waals surface area contributed by atoms with Crippen molar-refractivity contribution in [2.24, 2.45) is 0 Å². The van der Waals surface area contributed by atoms with E-state index >= 15 is 0 Å². The van der Waals surface area contributed by atoms with Crippen LogP contribution >= 0.6 is 0 Å². The molecule has 2 heterocycles. The molecule has 0 aliphatic heterocycles. The SMILES string of the molecule is CCn1cc(Cn2cccc2C(=O)O)cn1. The van der Waals surface area contributed by atoms with Gasteiger partial charge in [0, 0.05) is 24.5 Å². The summed E-state index contributed by atoms with van der Waals surface area (Å²) in [5.74, 6) is -0.909. The number of hydrogen-bond acceptors (Lipinski definition) is 2. The molecule has 16 heavy (non-hydrogen) atoms. The smallest absolute Gasteiger partial charge is 0.352 e. The van der Waals surface area contributed by atoms with E-state index in [0.717, 1.165) is 12.1 Å². The predicted octanol–water partition coefficient (Wildman–Crippen LogP) is 1.45. The number of aryl methyl sites for hydroxylation is 1. The van der Waals surface area contributed by atoms with Crippen molar-refractivity contribution >= 4 is 5.97 Å². The van der Waals surface area contributed by atoms with Crippen molar-refractivity contribution in [3.05, 3.63) is 42.0 Å². The van der Waals surface area contributed by atoms with Crippen molar-refractivity contribution in [3.8, 4) is 0 Å². The van der Waals surface area contributed by atoms with Gasteiger partial charge in [-0.15, -0.1) is 0 Å². The first-order chi connectivity index (χ1) is 7.70. The summed E-state index contributed by atoms with van der Waals surface area (Å²) in [6, 6.07) is 3.32. The van der Waals surface area contributed by atoms with Crippen LogP contribution < -0.4 is 0 Å². The fourth-order valence-electron chi connectivity index (χ4n) is 1.60. The lowest BCUT2D eigenvalue weighted by Crippen LogP contribution is -2.08. The van der Waals surface area contributed by atoms with E-state index in [-0.39, 0.29) is 0 Å². The third-order valence-corrected chi connectivity index (χ3v) is 2.41. The average molecular weight is 219 g/mol. The lowest BCUT2D eigenvalue weighted by molar-refractivity contribution is 0.0685. The Balaban J connectivity index is 2.20. The Morgan fingerprint density at radius 3 is 3.00 bits per heavy atom. The van der Waals surface area contributed by atoms with Gasteiger partial charge in [-0.3, -0.25) is 4.68 Å². The molecule has 84 valence electrons. The third kappa shape index (κ3) is 1.98. The molecule has 5 nitrogen and oxygen atoms in total. The monoisotopic (exact) mass is 219 g/mol. The maximum Gasteiger partial charge on any atom is 0.352 e. The number of carbonyl (C=O) groups is 1. The van der Waals surface area contributed by atoms with E-state index in [1.54, 1.807) is 29.1 Å². The summed E-state index contributed by atoms with van der Waals surface area (Å²) in [6.07, 6.45) is 5.44. The molecule has 0 saturated carbocycles. The van der Waals surface area contributed by atoms with E-state index in [4.69, 9.17) is 5.11 Å². The van der Waals surface area contributed by atoms with E-state index in [2.05, 4.69) is 5.10 Å². The van der Waals surface area contributed by atoms with Crippen LogP contribution in [-0.4, -0.2) is 25.4 Å². The van der Waals surface area contributed by atoms with E-state index in [9.17, 15) is 4.79 Å². The van der Waals surface area contributed by atoms with Gasteiger partial charge in [-0.2, -0.15) is 5.10 Å². The van der Waals surface area contributed by atoms with Crippen molar-refractivity contribution in [3.63, 3.8) is 0 Å². The van der Waals surface area contributed by atoms with Crippen LogP contribution in [0.3, 0.4) is 0 Å². The summed E-state index contributed by atoms with van der Waals surface area (Å²) in [5, 5.41) is 13.1. The Bertz CT molecular complexity index is 499. The topological polar surface area (TPSA) is 60.0 Å². The van der Waals surface area contributed by atoms with E-state index in [1.807, 2.05) is 17.8 Å². The highest BCUT2D eigenvalue weighted by Crippen LogP contribution is 2.07. The normalized spacial score (nSPS) is 10.6. The second-order valence-corrected chi connectivity index (χ2v) is 3.53. The van der Waals surface area contributed by atoms with Gasteiger partial charge in [0.25, 0.3) is 0 Å². The number of aromatic carboxylic acids is 1. The van der Waals surface area contributed by atoms with Crippen LogP contribution in [-0.2, 0) is 13.1 Å². The largest absolute Gasteiger partial charge is 0.477 e. The molecule has 0 aliphatic rings. The minimum Gasteiger partial charge on any atom is -0.477 e. The van der Waals surface area contributed by atoms with Crippen molar-refractivity contribution in [2.45, 2.75) is 20.0 Å². The number of carboxylic acids is 1. The van der Waals surface area contributed by atoms with Crippen molar-refractivity contribution in [1.29, 1.82) is 0 Å². The highest BCUT2D eigenvalue weighted by molar-refractivity contribution is 5.85. The molecule has 0 atom stereocenters. The Morgan fingerprint density at radius 1 is 1.56 bits per heavy atom. The second kappa shape index (κ2) is 4.22. The first-order valence-electron chi connectivity index (χ1n) is 5.10. The molecule has 0 saturated heterocycles. The van der Waals surface area contributed by atoms with Gasteiger partial charge in [0.15, 0.2) is 0 Å².